The number of hydrogen-bond acceptors (Lipinski definition) is 3. The van der Waals surface area contributed by atoms with E-state index in [2.05, 4.69) is 11.9 Å². The fourth-order valence-electron chi connectivity index (χ4n) is 6.17. The van der Waals surface area contributed by atoms with E-state index in [-0.39, 0.29) is 11.8 Å². The number of nitrogens with one attached hydrogen (secondary N) is 1. The zero-order valence-electron chi connectivity index (χ0n) is 22.9. The Balaban J connectivity index is 1.49. The van der Waals surface area contributed by atoms with Crippen LogP contribution in [0.3, 0.4) is 0 Å². The Labute approximate surface area is 247 Å². The molecule has 4 rings (SSSR count). The third kappa shape index (κ3) is 7.67. The molecule has 1 heterocycles. The molecule has 2 aromatic rings. The third-order valence-electron chi connectivity index (χ3n) is 8.31. The van der Waals surface area contributed by atoms with Gasteiger partial charge < -0.3 is 16.0 Å². The van der Waals surface area contributed by atoms with E-state index in [1.807, 2.05) is 35.2 Å². The van der Waals surface area contributed by atoms with Gasteiger partial charge in [0.15, 0.2) is 0 Å². The molecule has 2 aliphatic rings. The van der Waals surface area contributed by atoms with E-state index >= 15 is 0 Å². The van der Waals surface area contributed by atoms with Gasteiger partial charge in [-0.25, -0.2) is 0 Å². The number of halogens is 2. The van der Waals surface area contributed by atoms with E-state index in [4.69, 9.17) is 28.9 Å². The topological polar surface area (TPSA) is 92.5 Å². The Hall–Kier alpha value is -2.83. The van der Waals surface area contributed by atoms with Crippen LogP contribution in [0.2, 0.25) is 10.0 Å². The lowest BCUT2D eigenvalue weighted by atomic mass is 9.80. The molecule has 214 valence electrons. The molecular weight excluding hydrogens is 545 g/mol. The lowest BCUT2D eigenvalue weighted by Crippen LogP contribution is -2.50. The molecule has 40 heavy (non-hydrogen) atoms. The molecule has 0 aromatic heterocycles. The van der Waals surface area contributed by atoms with Gasteiger partial charge in [-0.05, 0) is 67.3 Å². The normalized spacial score (nSPS) is 19.6. The number of nitrogens with zero attached hydrogens (tertiary/aromatic N) is 1. The lowest BCUT2D eigenvalue weighted by molar-refractivity contribution is -0.139. The van der Waals surface area contributed by atoms with Gasteiger partial charge in [0, 0.05) is 28.7 Å². The van der Waals surface area contributed by atoms with Gasteiger partial charge in [-0.3, -0.25) is 14.4 Å². The molecule has 0 spiro atoms. The van der Waals surface area contributed by atoms with Gasteiger partial charge in [-0.1, -0.05) is 79.2 Å². The fourth-order valence-corrected chi connectivity index (χ4v) is 6.69. The Kier molecular flexibility index (Phi) is 10.7. The maximum atomic E-state index is 13.7. The average molecular weight is 585 g/mol. The van der Waals surface area contributed by atoms with Crippen molar-refractivity contribution in [2.24, 2.45) is 23.5 Å². The van der Waals surface area contributed by atoms with Crippen LogP contribution in [0.1, 0.15) is 63.4 Å². The summed E-state index contributed by atoms with van der Waals surface area (Å²) in [4.78, 5) is 41.5. The molecule has 0 unspecified atom stereocenters. The standard InChI is InChI=1S/C32H39Cl2N3O3/c1-2-8-26(30(35)38)27(18-21-9-3-4-10-21)31(39)36-29-13-5-6-16-37(32(29)40)20-22-11-7-12-23(17-22)25-15-14-24(33)19-28(25)34/h2,7,11-12,14-15,17,19,21,26-27,29H,1,3-6,8-10,13,16,18,20H2,(H2,35,38)(H,36,39)/t26-,27+,29-/m0/s1. The summed E-state index contributed by atoms with van der Waals surface area (Å²) < 4.78 is 0. The second-order valence-electron chi connectivity index (χ2n) is 11.2. The molecule has 1 saturated heterocycles. The molecule has 3 N–H and O–H groups in total. The highest BCUT2D eigenvalue weighted by atomic mass is 35.5. The predicted octanol–water partition coefficient (Wildman–Crippen LogP) is 6.53. The Bertz CT molecular complexity index is 1230. The summed E-state index contributed by atoms with van der Waals surface area (Å²) in [5.74, 6) is -1.64. The van der Waals surface area contributed by atoms with Crippen molar-refractivity contribution in [2.45, 2.75) is 70.4 Å². The molecule has 3 amide bonds. The number of rotatable bonds is 11. The van der Waals surface area contributed by atoms with Gasteiger partial charge in [0.05, 0.1) is 11.8 Å². The number of hydrogen-bond donors (Lipinski definition) is 2. The highest BCUT2D eigenvalue weighted by molar-refractivity contribution is 6.36. The van der Waals surface area contributed by atoms with Crippen LogP contribution in [0.15, 0.2) is 55.1 Å². The number of benzene rings is 2. The summed E-state index contributed by atoms with van der Waals surface area (Å²) in [5.41, 5.74) is 8.54. The van der Waals surface area contributed by atoms with Crippen molar-refractivity contribution in [1.29, 1.82) is 0 Å². The minimum absolute atomic E-state index is 0.0975. The van der Waals surface area contributed by atoms with Crippen LogP contribution < -0.4 is 11.1 Å². The summed E-state index contributed by atoms with van der Waals surface area (Å²) >= 11 is 12.5. The fraction of sp³-hybridized carbons (Fsp3) is 0.469. The second kappa shape index (κ2) is 14.2. The van der Waals surface area contributed by atoms with Crippen molar-refractivity contribution in [2.75, 3.05) is 6.54 Å². The van der Waals surface area contributed by atoms with Crippen LogP contribution in [0.4, 0.5) is 0 Å². The third-order valence-corrected chi connectivity index (χ3v) is 8.86. The minimum atomic E-state index is -0.632. The molecule has 1 saturated carbocycles. The minimum Gasteiger partial charge on any atom is -0.369 e. The number of primary amides is 1. The first kappa shape index (κ1) is 30.1. The van der Waals surface area contributed by atoms with E-state index in [1.54, 1.807) is 18.2 Å². The molecule has 0 bridgehead atoms. The second-order valence-corrected chi connectivity index (χ2v) is 12.0. The smallest absolute Gasteiger partial charge is 0.245 e. The Morgan fingerprint density at radius 2 is 1.80 bits per heavy atom. The van der Waals surface area contributed by atoms with Crippen molar-refractivity contribution in [3.8, 4) is 11.1 Å². The van der Waals surface area contributed by atoms with E-state index in [9.17, 15) is 14.4 Å². The maximum Gasteiger partial charge on any atom is 0.245 e. The van der Waals surface area contributed by atoms with Crippen LogP contribution in [-0.4, -0.2) is 35.2 Å². The highest BCUT2D eigenvalue weighted by Crippen LogP contribution is 2.35. The van der Waals surface area contributed by atoms with Crippen LogP contribution in [0.5, 0.6) is 0 Å². The number of likely N-dealkylation sites (tertiary alicyclic amines) is 1. The lowest BCUT2D eigenvalue weighted by Gasteiger charge is -2.29. The molecule has 0 radical (unpaired) electrons. The Morgan fingerprint density at radius 1 is 1.05 bits per heavy atom. The first-order valence-corrected chi connectivity index (χ1v) is 15.1. The van der Waals surface area contributed by atoms with Crippen molar-refractivity contribution in [3.05, 3.63) is 70.7 Å². The van der Waals surface area contributed by atoms with Crippen molar-refractivity contribution in [3.63, 3.8) is 0 Å². The van der Waals surface area contributed by atoms with Gasteiger partial charge in [-0.2, -0.15) is 0 Å². The first-order valence-electron chi connectivity index (χ1n) is 14.3. The predicted molar refractivity (Wildman–Crippen MR) is 161 cm³/mol. The zero-order valence-corrected chi connectivity index (χ0v) is 24.4. The molecule has 3 atom stereocenters. The number of allylic oxidation sites excluding steroid dienone is 1. The van der Waals surface area contributed by atoms with Gasteiger partial charge in [-0.15, -0.1) is 6.58 Å². The number of amides is 3. The molecule has 1 aliphatic heterocycles. The number of nitrogens with two attached hydrogens (primary N) is 1. The Morgan fingerprint density at radius 3 is 2.50 bits per heavy atom. The zero-order chi connectivity index (χ0) is 28.6. The van der Waals surface area contributed by atoms with E-state index in [0.29, 0.717) is 48.3 Å². The molecule has 6 nitrogen and oxygen atoms in total. The molecular formula is C32H39Cl2N3O3. The van der Waals surface area contributed by atoms with Crippen molar-refractivity contribution < 1.29 is 14.4 Å². The average Bonchev–Trinajstić information content (AvgIpc) is 3.38. The molecule has 2 aromatic carbocycles. The summed E-state index contributed by atoms with van der Waals surface area (Å²) in [7, 11) is 0. The highest BCUT2D eigenvalue weighted by Gasteiger charge is 2.37. The van der Waals surface area contributed by atoms with Crippen molar-refractivity contribution >= 4 is 40.9 Å². The molecule has 1 aliphatic carbocycles. The quantitative estimate of drug-likeness (QED) is 0.294. The van der Waals surface area contributed by atoms with E-state index < -0.39 is 23.8 Å². The maximum absolute atomic E-state index is 13.7. The van der Waals surface area contributed by atoms with Crippen LogP contribution >= 0.6 is 23.2 Å². The van der Waals surface area contributed by atoms with Gasteiger partial charge >= 0.3 is 0 Å². The van der Waals surface area contributed by atoms with Crippen LogP contribution in [-0.2, 0) is 20.9 Å². The molecule has 2 fully saturated rings. The van der Waals surface area contributed by atoms with E-state index in [1.165, 1.54) is 0 Å². The summed E-state index contributed by atoms with van der Waals surface area (Å²) in [6.07, 6.45) is 9.25. The van der Waals surface area contributed by atoms with Gasteiger partial charge in [0.25, 0.3) is 0 Å². The first-order chi connectivity index (χ1) is 19.3. The van der Waals surface area contributed by atoms with Crippen molar-refractivity contribution in [1.82, 2.24) is 10.2 Å². The van der Waals surface area contributed by atoms with Crippen LogP contribution in [0.25, 0.3) is 11.1 Å². The summed E-state index contributed by atoms with van der Waals surface area (Å²) in [5, 5.41) is 4.18. The van der Waals surface area contributed by atoms with Crippen LogP contribution in [0, 0.1) is 17.8 Å². The summed E-state index contributed by atoms with van der Waals surface area (Å²) in [6, 6.07) is 12.7. The monoisotopic (exact) mass is 583 g/mol. The number of carbonyl (C=O) groups excluding carboxylic acids is 3. The number of carbonyl (C=O) groups is 3. The van der Waals surface area contributed by atoms with Gasteiger partial charge in [0.2, 0.25) is 17.7 Å². The van der Waals surface area contributed by atoms with Gasteiger partial charge in [0.1, 0.15) is 6.04 Å². The SMILES string of the molecule is C=CC[C@H](C(N)=O)[C@@H](CC1CCCC1)C(=O)N[C@H]1CCCCN(Cc2cccc(-c3ccc(Cl)cc3Cl)c2)C1=O. The summed E-state index contributed by atoms with van der Waals surface area (Å²) in [6.45, 7) is 4.81. The molecule has 8 heteroatoms. The largest absolute Gasteiger partial charge is 0.369 e. The van der Waals surface area contributed by atoms with E-state index in [0.717, 1.165) is 55.2 Å².